The van der Waals surface area contributed by atoms with Gasteiger partial charge in [0.05, 0.1) is 18.0 Å². The average molecular weight is 454 g/mol. The monoisotopic (exact) mass is 453 g/mol. The lowest BCUT2D eigenvalue weighted by molar-refractivity contribution is 0.123. The quantitative estimate of drug-likeness (QED) is 0.601. The number of piperazine rings is 1. The molecule has 1 aliphatic rings. The molecule has 8 heteroatoms. The Balaban J connectivity index is 0.00000160. The molecule has 1 saturated heterocycles. The SMILES string of the molecule is CCN1CCN(c2cc3cc(-c4ccc(OC[C@@H](C)O)cc4)ncc3o2)CC1.Cl.Cl. The van der Waals surface area contributed by atoms with Gasteiger partial charge in [0.25, 0.3) is 0 Å². The van der Waals surface area contributed by atoms with Crippen LogP contribution in [0.3, 0.4) is 0 Å². The second kappa shape index (κ2) is 10.9. The highest BCUT2D eigenvalue weighted by atomic mass is 35.5. The summed E-state index contributed by atoms with van der Waals surface area (Å²) in [5.41, 5.74) is 2.73. The number of hydrogen-bond donors (Lipinski definition) is 1. The molecule has 0 amide bonds. The highest BCUT2D eigenvalue weighted by Gasteiger charge is 2.19. The maximum Gasteiger partial charge on any atom is 0.196 e. The number of aliphatic hydroxyl groups excluding tert-OH is 1. The molecular weight excluding hydrogens is 425 g/mol. The molecular formula is C22H29Cl2N3O3. The smallest absolute Gasteiger partial charge is 0.196 e. The average Bonchev–Trinajstić information content (AvgIpc) is 3.16. The molecule has 1 aliphatic heterocycles. The number of likely N-dealkylation sites (N-methyl/N-ethyl adjacent to an activating group) is 1. The second-order valence-electron chi connectivity index (χ2n) is 7.30. The molecule has 1 aromatic carbocycles. The molecule has 164 valence electrons. The van der Waals surface area contributed by atoms with E-state index in [9.17, 15) is 5.11 Å². The van der Waals surface area contributed by atoms with Gasteiger partial charge >= 0.3 is 0 Å². The van der Waals surface area contributed by atoms with E-state index in [0.29, 0.717) is 0 Å². The Morgan fingerprint density at radius 1 is 1.10 bits per heavy atom. The van der Waals surface area contributed by atoms with Crippen LogP contribution in [0.1, 0.15) is 13.8 Å². The molecule has 30 heavy (non-hydrogen) atoms. The number of anilines is 1. The minimum atomic E-state index is -0.482. The zero-order chi connectivity index (χ0) is 19.5. The van der Waals surface area contributed by atoms with Crippen molar-refractivity contribution in [2.24, 2.45) is 0 Å². The first-order chi connectivity index (χ1) is 13.6. The number of benzene rings is 1. The van der Waals surface area contributed by atoms with Crippen molar-refractivity contribution < 1.29 is 14.3 Å². The van der Waals surface area contributed by atoms with Crippen molar-refractivity contribution in [1.82, 2.24) is 9.88 Å². The number of rotatable bonds is 6. The lowest BCUT2D eigenvalue weighted by atomic mass is 10.1. The summed E-state index contributed by atoms with van der Waals surface area (Å²) in [7, 11) is 0. The van der Waals surface area contributed by atoms with Crippen LogP contribution in [0.2, 0.25) is 0 Å². The van der Waals surface area contributed by atoms with Crippen LogP contribution in [0.25, 0.3) is 22.2 Å². The summed E-state index contributed by atoms with van der Waals surface area (Å²) >= 11 is 0. The van der Waals surface area contributed by atoms with Gasteiger partial charge in [-0.05, 0) is 43.8 Å². The van der Waals surface area contributed by atoms with E-state index in [-0.39, 0.29) is 31.4 Å². The molecule has 0 spiro atoms. The number of nitrogens with zero attached hydrogens (tertiary/aromatic N) is 3. The molecule has 0 radical (unpaired) electrons. The number of aliphatic hydroxyl groups is 1. The summed E-state index contributed by atoms with van der Waals surface area (Å²) in [6.45, 7) is 9.41. The van der Waals surface area contributed by atoms with Crippen molar-refractivity contribution >= 4 is 41.7 Å². The fourth-order valence-corrected chi connectivity index (χ4v) is 3.47. The van der Waals surface area contributed by atoms with Crippen molar-refractivity contribution in [3.63, 3.8) is 0 Å². The van der Waals surface area contributed by atoms with Crippen molar-refractivity contribution in [3.8, 4) is 17.0 Å². The molecule has 6 nitrogen and oxygen atoms in total. The molecule has 0 bridgehead atoms. The Kier molecular flexibility index (Phi) is 8.79. The zero-order valence-electron chi connectivity index (χ0n) is 17.3. The van der Waals surface area contributed by atoms with E-state index in [0.717, 1.165) is 66.6 Å². The van der Waals surface area contributed by atoms with E-state index < -0.39 is 6.10 Å². The maximum absolute atomic E-state index is 9.32. The van der Waals surface area contributed by atoms with E-state index in [2.05, 4.69) is 33.8 Å². The summed E-state index contributed by atoms with van der Waals surface area (Å²) in [5.74, 6) is 1.66. The third kappa shape index (κ3) is 5.58. The minimum Gasteiger partial charge on any atom is -0.491 e. The van der Waals surface area contributed by atoms with Gasteiger partial charge < -0.3 is 24.1 Å². The first-order valence-corrected chi connectivity index (χ1v) is 9.90. The fraction of sp³-hybridized carbons (Fsp3) is 0.409. The van der Waals surface area contributed by atoms with Gasteiger partial charge in [-0.1, -0.05) is 6.92 Å². The Labute approximate surface area is 189 Å². The summed E-state index contributed by atoms with van der Waals surface area (Å²) in [6.07, 6.45) is 1.32. The van der Waals surface area contributed by atoms with Gasteiger partial charge in [0, 0.05) is 43.2 Å². The van der Waals surface area contributed by atoms with Gasteiger partial charge in [-0.2, -0.15) is 0 Å². The molecule has 0 aliphatic carbocycles. The van der Waals surface area contributed by atoms with E-state index in [1.807, 2.05) is 24.3 Å². The summed E-state index contributed by atoms with van der Waals surface area (Å²) in [5, 5.41) is 10.4. The predicted octanol–water partition coefficient (Wildman–Crippen LogP) is 4.24. The van der Waals surface area contributed by atoms with Crippen molar-refractivity contribution in [1.29, 1.82) is 0 Å². The lowest BCUT2D eigenvalue weighted by Crippen LogP contribution is -2.46. The molecule has 2 aromatic heterocycles. The van der Waals surface area contributed by atoms with Crippen LogP contribution in [0.4, 0.5) is 5.88 Å². The number of furan rings is 1. The Hall–Kier alpha value is -1.99. The number of aromatic nitrogens is 1. The third-order valence-electron chi connectivity index (χ3n) is 5.16. The van der Waals surface area contributed by atoms with Crippen LogP contribution in [0.15, 0.2) is 47.0 Å². The fourth-order valence-electron chi connectivity index (χ4n) is 3.47. The normalized spacial score (nSPS) is 15.4. The van der Waals surface area contributed by atoms with E-state index in [1.165, 1.54) is 0 Å². The molecule has 1 atom stereocenters. The summed E-state index contributed by atoms with van der Waals surface area (Å²) in [6, 6.07) is 11.9. The Bertz CT molecular complexity index is 923. The number of ether oxygens (including phenoxy) is 1. The second-order valence-corrected chi connectivity index (χ2v) is 7.30. The number of fused-ring (bicyclic) bond motifs is 1. The van der Waals surface area contributed by atoms with Gasteiger partial charge in [-0.3, -0.25) is 4.98 Å². The number of hydrogen-bond acceptors (Lipinski definition) is 6. The van der Waals surface area contributed by atoms with Crippen LogP contribution in [-0.2, 0) is 0 Å². The molecule has 1 fully saturated rings. The van der Waals surface area contributed by atoms with Crippen molar-refractivity contribution in [3.05, 3.63) is 42.6 Å². The Morgan fingerprint density at radius 3 is 2.43 bits per heavy atom. The number of pyridine rings is 1. The largest absolute Gasteiger partial charge is 0.491 e. The lowest BCUT2D eigenvalue weighted by Gasteiger charge is -2.33. The highest BCUT2D eigenvalue weighted by molar-refractivity contribution is 5.86. The molecule has 0 saturated carbocycles. The summed E-state index contributed by atoms with van der Waals surface area (Å²) < 4.78 is 11.6. The van der Waals surface area contributed by atoms with Crippen molar-refractivity contribution in [2.45, 2.75) is 20.0 Å². The van der Waals surface area contributed by atoms with E-state index in [1.54, 1.807) is 13.1 Å². The van der Waals surface area contributed by atoms with Crippen LogP contribution in [0.5, 0.6) is 5.75 Å². The molecule has 1 N–H and O–H groups in total. The predicted molar refractivity (Wildman–Crippen MR) is 125 cm³/mol. The van der Waals surface area contributed by atoms with Gasteiger partial charge in [0.1, 0.15) is 12.4 Å². The van der Waals surface area contributed by atoms with E-state index in [4.69, 9.17) is 9.15 Å². The minimum absolute atomic E-state index is 0. The van der Waals surface area contributed by atoms with Crippen LogP contribution in [-0.4, -0.2) is 60.4 Å². The van der Waals surface area contributed by atoms with Gasteiger partial charge in [-0.15, -0.1) is 24.8 Å². The Morgan fingerprint density at radius 2 is 1.80 bits per heavy atom. The van der Waals surface area contributed by atoms with E-state index >= 15 is 0 Å². The first kappa shape index (κ1) is 24.3. The van der Waals surface area contributed by atoms with Crippen molar-refractivity contribution in [2.75, 3.05) is 44.2 Å². The number of halogens is 2. The molecule has 0 unspecified atom stereocenters. The zero-order valence-corrected chi connectivity index (χ0v) is 18.9. The molecule has 3 heterocycles. The van der Waals surface area contributed by atoms with Gasteiger partial charge in [-0.25, -0.2) is 0 Å². The van der Waals surface area contributed by atoms with Crippen LogP contribution in [0, 0.1) is 0 Å². The molecule has 4 rings (SSSR count). The highest BCUT2D eigenvalue weighted by Crippen LogP contribution is 2.30. The third-order valence-corrected chi connectivity index (χ3v) is 5.16. The van der Waals surface area contributed by atoms with Gasteiger partial charge in [0.2, 0.25) is 0 Å². The maximum atomic E-state index is 9.32. The van der Waals surface area contributed by atoms with Crippen LogP contribution < -0.4 is 9.64 Å². The standard InChI is InChI=1S/C22H27N3O3.2ClH/c1-3-24-8-10-25(11-9-24)22-13-18-12-20(23-14-21(18)28-22)17-4-6-19(7-5-17)27-15-16(2)26;;/h4-7,12-14,16,26H,3,8-11,15H2,1-2H3;2*1H/t16-;;/m1../s1. The van der Waals surface area contributed by atoms with Crippen LogP contribution >= 0.6 is 24.8 Å². The topological polar surface area (TPSA) is 62.0 Å². The first-order valence-electron chi connectivity index (χ1n) is 9.90. The molecule has 3 aromatic rings. The summed E-state index contributed by atoms with van der Waals surface area (Å²) in [4.78, 5) is 9.32. The van der Waals surface area contributed by atoms with Gasteiger partial charge in [0.15, 0.2) is 11.5 Å².